The largest absolute Gasteiger partial charge is 0.507 e. The maximum Gasteiger partial charge on any atom is 0.337 e. The summed E-state index contributed by atoms with van der Waals surface area (Å²) >= 11 is 3.26. The summed E-state index contributed by atoms with van der Waals surface area (Å²) < 4.78 is 5.30. The lowest BCUT2D eigenvalue weighted by Gasteiger charge is -2.06. The first kappa shape index (κ1) is 18.2. The highest BCUT2D eigenvalue weighted by molar-refractivity contribution is 9.10. The number of carbonyl (C=O) groups excluding carboxylic acids is 2. The number of nitrogens with one attached hydrogen (secondary N) is 1. The summed E-state index contributed by atoms with van der Waals surface area (Å²) in [6, 6.07) is 12.5. The quantitative estimate of drug-likeness (QED) is 0.464. The lowest BCUT2D eigenvalue weighted by atomic mass is 10.1. The lowest BCUT2D eigenvalue weighted by molar-refractivity contribution is -0.112. The molecule has 0 saturated heterocycles. The number of carbonyl (C=O) groups is 2. The Hall–Kier alpha value is -3.11. The van der Waals surface area contributed by atoms with Crippen molar-refractivity contribution in [1.82, 2.24) is 0 Å². The standard InChI is InChI=1S/C18H13BrN2O4/c1-25-18(24)11-2-5-15(6-3-11)21-17(23)13(10-20)8-12-9-14(19)4-7-16(12)22/h2-9,22H,1H3,(H,21,23)/b13-8+. The fourth-order valence-electron chi connectivity index (χ4n) is 1.95. The van der Waals surface area contributed by atoms with E-state index in [4.69, 9.17) is 0 Å². The van der Waals surface area contributed by atoms with Gasteiger partial charge in [0, 0.05) is 15.7 Å². The van der Waals surface area contributed by atoms with Crippen molar-refractivity contribution < 1.29 is 19.4 Å². The fourth-order valence-corrected chi connectivity index (χ4v) is 2.33. The molecule has 2 rings (SSSR count). The monoisotopic (exact) mass is 400 g/mol. The Morgan fingerprint density at radius 2 is 1.92 bits per heavy atom. The highest BCUT2D eigenvalue weighted by atomic mass is 79.9. The summed E-state index contributed by atoms with van der Waals surface area (Å²) in [6.45, 7) is 0. The van der Waals surface area contributed by atoms with Gasteiger partial charge in [-0.3, -0.25) is 4.79 Å². The van der Waals surface area contributed by atoms with Crippen LogP contribution in [0.15, 0.2) is 52.5 Å². The lowest BCUT2D eigenvalue weighted by Crippen LogP contribution is -2.13. The zero-order valence-electron chi connectivity index (χ0n) is 13.1. The molecule has 0 fully saturated rings. The molecule has 6 nitrogen and oxygen atoms in total. The van der Waals surface area contributed by atoms with Crippen molar-refractivity contribution >= 4 is 39.6 Å². The Bertz CT molecular complexity index is 883. The van der Waals surface area contributed by atoms with Gasteiger partial charge in [0.2, 0.25) is 0 Å². The predicted molar refractivity (Wildman–Crippen MR) is 95.8 cm³/mol. The van der Waals surface area contributed by atoms with Gasteiger partial charge in [0.25, 0.3) is 5.91 Å². The van der Waals surface area contributed by atoms with E-state index in [1.54, 1.807) is 18.2 Å². The second-order valence-corrected chi connectivity index (χ2v) is 5.81. The van der Waals surface area contributed by atoms with Crippen molar-refractivity contribution in [3.8, 4) is 11.8 Å². The summed E-state index contributed by atoms with van der Waals surface area (Å²) in [4.78, 5) is 23.6. The molecule has 2 N–H and O–H groups in total. The minimum Gasteiger partial charge on any atom is -0.507 e. The number of methoxy groups -OCH3 is 1. The Balaban J connectivity index is 2.20. The number of phenols is 1. The zero-order valence-corrected chi connectivity index (χ0v) is 14.7. The first-order valence-electron chi connectivity index (χ1n) is 7.04. The third-order valence-electron chi connectivity index (χ3n) is 3.22. The van der Waals surface area contributed by atoms with Gasteiger partial charge in [-0.1, -0.05) is 15.9 Å². The Kier molecular flexibility index (Phi) is 5.93. The number of esters is 1. The van der Waals surface area contributed by atoms with Crippen LogP contribution in [-0.2, 0) is 9.53 Å². The zero-order chi connectivity index (χ0) is 18.4. The average Bonchev–Trinajstić information content (AvgIpc) is 2.62. The summed E-state index contributed by atoms with van der Waals surface area (Å²) in [5.74, 6) is -1.17. The van der Waals surface area contributed by atoms with Gasteiger partial charge in [-0.2, -0.15) is 5.26 Å². The van der Waals surface area contributed by atoms with Gasteiger partial charge < -0.3 is 15.2 Å². The molecular weight excluding hydrogens is 388 g/mol. The first-order valence-corrected chi connectivity index (χ1v) is 7.84. The van der Waals surface area contributed by atoms with E-state index in [1.165, 1.54) is 43.5 Å². The maximum atomic E-state index is 12.2. The highest BCUT2D eigenvalue weighted by Crippen LogP contribution is 2.24. The summed E-state index contributed by atoms with van der Waals surface area (Å²) in [5.41, 5.74) is 0.917. The fraction of sp³-hybridized carbons (Fsp3) is 0.0556. The predicted octanol–water partition coefficient (Wildman–Crippen LogP) is 3.49. The Morgan fingerprint density at radius 3 is 2.52 bits per heavy atom. The molecule has 126 valence electrons. The number of phenolic OH excluding ortho intramolecular Hbond substituents is 1. The molecule has 0 aromatic heterocycles. The summed E-state index contributed by atoms with van der Waals surface area (Å²) in [5, 5.41) is 21.6. The molecule has 0 spiro atoms. The molecule has 2 aromatic carbocycles. The molecule has 2 aromatic rings. The molecule has 0 atom stereocenters. The Morgan fingerprint density at radius 1 is 1.24 bits per heavy atom. The highest BCUT2D eigenvalue weighted by Gasteiger charge is 2.12. The summed E-state index contributed by atoms with van der Waals surface area (Å²) in [7, 11) is 1.28. The number of anilines is 1. The van der Waals surface area contributed by atoms with Crippen molar-refractivity contribution in [3.63, 3.8) is 0 Å². The van der Waals surface area contributed by atoms with E-state index in [1.807, 2.05) is 0 Å². The van der Waals surface area contributed by atoms with Crippen LogP contribution >= 0.6 is 15.9 Å². The number of benzene rings is 2. The number of ether oxygens (including phenoxy) is 1. The van der Waals surface area contributed by atoms with Gasteiger partial charge in [-0.15, -0.1) is 0 Å². The minimum absolute atomic E-state index is 0.0498. The molecule has 0 aliphatic heterocycles. The SMILES string of the molecule is COC(=O)c1ccc(NC(=O)/C(C#N)=C/c2cc(Br)ccc2O)cc1. The first-order chi connectivity index (χ1) is 11.9. The topological polar surface area (TPSA) is 99.4 Å². The molecule has 0 aliphatic carbocycles. The van der Waals surface area contributed by atoms with E-state index in [2.05, 4.69) is 26.0 Å². The van der Waals surface area contributed by atoms with Gasteiger partial charge in [0.1, 0.15) is 17.4 Å². The molecule has 0 unspecified atom stereocenters. The molecular formula is C18H13BrN2O4. The second-order valence-electron chi connectivity index (χ2n) is 4.90. The number of halogens is 1. The van der Waals surface area contributed by atoms with E-state index >= 15 is 0 Å². The van der Waals surface area contributed by atoms with Crippen LogP contribution in [0.4, 0.5) is 5.69 Å². The van der Waals surface area contributed by atoms with E-state index in [9.17, 15) is 20.0 Å². The number of amides is 1. The van der Waals surface area contributed by atoms with Gasteiger partial charge >= 0.3 is 5.97 Å². The van der Waals surface area contributed by atoms with E-state index in [0.717, 1.165) is 0 Å². The number of rotatable bonds is 4. The van der Waals surface area contributed by atoms with Gasteiger partial charge in [-0.25, -0.2) is 4.79 Å². The van der Waals surface area contributed by atoms with Gasteiger partial charge in [-0.05, 0) is 48.5 Å². The van der Waals surface area contributed by atoms with Gasteiger partial charge in [0.15, 0.2) is 0 Å². The normalized spacial score (nSPS) is 10.7. The van der Waals surface area contributed by atoms with Crippen LogP contribution in [0.5, 0.6) is 5.75 Å². The number of hydrogen-bond donors (Lipinski definition) is 2. The number of nitriles is 1. The maximum absolute atomic E-state index is 12.2. The molecule has 1 amide bonds. The van der Waals surface area contributed by atoms with Crippen LogP contribution in [0, 0.1) is 11.3 Å². The molecule has 0 aliphatic rings. The van der Waals surface area contributed by atoms with Gasteiger partial charge in [0.05, 0.1) is 12.7 Å². The molecule has 0 radical (unpaired) electrons. The van der Waals surface area contributed by atoms with Crippen LogP contribution < -0.4 is 5.32 Å². The van der Waals surface area contributed by atoms with Crippen molar-refractivity contribution in [2.75, 3.05) is 12.4 Å². The summed E-state index contributed by atoms with van der Waals surface area (Å²) in [6.07, 6.45) is 1.29. The molecule has 0 saturated carbocycles. The van der Waals surface area contributed by atoms with Crippen molar-refractivity contribution in [3.05, 3.63) is 63.6 Å². The van der Waals surface area contributed by atoms with Crippen LogP contribution in [0.2, 0.25) is 0 Å². The Labute approximate surface area is 152 Å². The molecule has 0 heterocycles. The number of aromatic hydroxyl groups is 1. The smallest absolute Gasteiger partial charge is 0.337 e. The number of nitrogens with zero attached hydrogens (tertiary/aromatic N) is 1. The van der Waals surface area contributed by atoms with Crippen LogP contribution in [0.25, 0.3) is 6.08 Å². The van der Waals surface area contributed by atoms with E-state index < -0.39 is 11.9 Å². The molecule has 0 bridgehead atoms. The number of hydrogen-bond acceptors (Lipinski definition) is 5. The minimum atomic E-state index is -0.632. The van der Waals surface area contributed by atoms with Crippen LogP contribution in [-0.4, -0.2) is 24.1 Å². The third-order valence-corrected chi connectivity index (χ3v) is 3.71. The third kappa shape index (κ3) is 4.68. The van der Waals surface area contributed by atoms with Crippen molar-refractivity contribution in [2.24, 2.45) is 0 Å². The van der Waals surface area contributed by atoms with Crippen LogP contribution in [0.1, 0.15) is 15.9 Å². The molecule has 7 heteroatoms. The van der Waals surface area contributed by atoms with E-state index in [-0.39, 0.29) is 11.3 Å². The molecule has 25 heavy (non-hydrogen) atoms. The second kappa shape index (κ2) is 8.13. The van der Waals surface area contributed by atoms with Crippen molar-refractivity contribution in [2.45, 2.75) is 0 Å². The van der Waals surface area contributed by atoms with Crippen LogP contribution in [0.3, 0.4) is 0 Å². The van der Waals surface area contributed by atoms with E-state index in [0.29, 0.717) is 21.3 Å². The average molecular weight is 401 g/mol. The van der Waals surface area contributed by atoms with Crippen molar-refractivity contribution in [1.29, 1.82) is 5.26 Å².